The molecular weight excluding hydrogens is 124 g/mol. The van der Waals surface area contributed by atoms with Crippen LogP contribution in [0.15, 0.2) is 0 Å². The molecule has 0 aromatic carbocycles. The van der Waals surface area contributed by atoms with Crippen LogP contribution in [0.2, 0.25) is 0 Å². The van der Waals surface area contributed by atoms with Crippen molar-refractivity contribution in [2.24, 2.45) is 5.92 Å². The van der Waals surface area contributed by atoms with Gasteiger partial charge in [0, 0.05) is 5.92 Å². The Labute approximate surface area is 66.8 Å². The van der Waals surface area contributed by atoms with Crippen molar-refractivity contribution < 1.29 is 4.79 Å². The summed E-state index contributed by atoms with van der Waals surface area (Å²) in [5, 5.41) is 0. The highest BCUT2D eigenvalue weighted by atomic mass is 16.1. The molecule has 1 heteroatoms. The molecule has 1 nitrogen and oxygen atoms in total. The van der Waals surface area contributed by atoms with Gasteiger partial charge in [0.2, 0.25) is 0 Å². The number of hydrogen-bond donors (Lipinski definition) is 0. The maximum atomic E-state index is 10.4. The van der Waals surface area contributed by atoms with E-state index in [1.54, 1.807) is 6.92 Å². The third kappa shape index (κ3) is 10.6. The third-order valence-electron chi connectivity index (χ3n) is 1.31. The number of carbonyl (C=O) groups excluding carboxylic acids is 1. The lowest BCUT2D eigenvalue weighted by Gasteiger charge is -1.98. The fourth-order valence-corrected chi connectivity index (χ4v) is 0.287. The molecule has 0 saturated carbocycles. The highest BCUT2D eigenvalue weighted by Gasteiger charge is 2.01. The lowest BCUT2D eigenvalue weighted by Crippen LogP contribution is -2.03. The van der Waals surface area contributed by atoms with Gasteiger partial charge in [-0.15, -0.1) is 0 Å². The van der Waals surface area contributed by atoms with Crippen LogP contribution in [0.4, 0.5) is 0 Å². The topological polar surface area (TPSA) is 17.1 Å². The standard InChI is InChI=1S/C6H12O.3CH4/c1-4-5(2)6(3)7;;;/h5H,4H2,1-3H3;3*1H4. The monoisotopic (exact) mass is 148 g/mol. The number of ketones is 1. The van der Waals surface area contributed by atoms with E-state index in [9.17, 15) is 4.79 Å². The van der Waals surface area contributed by atoms with Gasteiger partial charge in [0.05, 0.1) is 0 Å². The number of rotatable bonds is 2. The minimum Gasteiger partial charge on any atom is -0.300 e. The minimum absolute atomic E-state index is 0. The molecule has 0 aliphatic rings. The van der Waals surface area contributed by atoms with Crippen molar-refractivity contribution >= 4 is 5.78 Å². The highest BCUT2D eigenvalue weighted by Crippen LogP contribution is 1.99. The third-order valence-corrected chi connectivity index (χ3v) is 1.31. The predicted octanol–water partition coefficient (Wildman–Crippen LogP) is 3.53. The number of hydrogen-bond acceptors (Lipinski definition) is 1. The van der Waals surface area contributed by atoms with E-state index in [1.165, 1.54) is 0 Å². The van der Waals surface area contributed by atoms with Crippen LogP contribution in [-0.2, 0) is 4.79 Å². The molecule has 1 unspecified atom stereocenters. The fraction of sp³-hybridized carbons (Fsp3) is 0.889. The molecule has 1 atom stereocenters. The van der Waals surface area contributed by atoms with Gasteiger partial charge in [0.15, 0.2) is 0 Å². The maximum absolute atomic E-state index is 10.4. The molecule has 0 aromatic heterocycles. The van der Waals surface area contributed by atoms with E-state index in [0.717, 1.165) is 6.42 Å². The van der Waals surface area contributed by atoms with Crippen LogP contribution in [0.5, 0.6) is 0 Å². The van der Waals surface area contributed by atoms with Crippen LogP contribution in [0, 0.1) is 5.92 Å². The Balaban J connectivity index is -0.0000000600. The summed E-state index contributed by atoms with van der Waals surface area (Å²) in [6.45, 7) is 5.60. The zero-order chi connectivity index (χ0) is 5.86. The van der Waals surface area contributed by atoms with Crippen molar-refractivity contribution in [3.05, 3.63) is 0 Å². The van der Waals surface area contributed by atoms with E-state index in [1.807, 2.05) is 13.8 Å². The lowest BCUT2D eigenvalue weighted by atomic mass is 10.1. The quantitative estimate of drug-likeness (QED) is 0.585. The van der Waals surface area contributed by atoms with E-state index >= 15 is 0 Å². The Morgan fingerprint density at radius 2 is 1.60 bits per heavy atom. The summed E-state index contributed by atoms with van der Waals surface area (Å²) in [7, 11) is 0. The Bertz CT molecular complexity index is 67.1. The van der Waals surface area contributed by atoms with Crippen molar-refractivity contribution in [1.82, 2.24) is 0 Å². The Morgan fingerprint density at radius 3 is 1.60 bits per heavy atom. The van der Waals surface area contributed by atoms with E-state index in [0.29, 0.717) is 5.78 Å². The summed E-state index contributed by atoms with van der Waals surface area (Å²) in [5.41, 5.74) is 0. The zero-order valence-electron chi connectivity index (χ0n) is 5.19. The normalized spacial score (nSPS) is 9.50. The Kier molecular flexibility index (Phi) is 25.9. The average Bonchev–Trinajstić information content (AvgIpc) is 1.65. The molecule has 0 aliphatic carbocycles. The summed E-state index contributed by atoms with van der Waals surface area (Å²) in [6, 6.07) is 0. The molecule has 0 spiro atoms. The van der Waals surface area contributed by atoms with Crippen molar-refractivity contribution in [3.8, 4) is 0 Å². The van der Waals surface area contributed by atoms with Crippen molar-refractivity contribution in [1.29, 1.82) is 0 Å². The smallest absolute Gasteiger partial charge is 0.132 e. The largest absolute Gasteiger partial charge is 0.300 e. The summed E-state index contributed by atoms with van der Waals surface area (Å²) in [4.78, 5) is 10.4. The molecule has 0 heterocycles. The number of carbonyl (C=O) groups is 1. The molecule has 0 N–H and O–H groups in total. The second kappa shape index (κ2) is 11.5. The van der Waals surface area contributed by atoms with Crippen molar-refractivity contribution in [2.45, 2.75) is 49.5 Å². The first-order chi connectivity index (χ1) is 3.18. The molecule has 0 bridgehead atoms. The Hall–Kier alpha value is -0.330. The van der Waals surface area contributed by atoms with Crippen LogP contribution in [0.3, 0.4) is 0 Å². The first kappa shape index (κ1) is 22.6. The van der Waals surface area contributed by atoms with E-state index < -0.39 is 0 Å². The molecule has 10 heavy (non-hydrogen) atoms. The van der Waals surface area contributed by atoms with Gasteiger partial charge in [-0.25, -0.2) is 0 Å². The van der Waals surface area contributed by atoms with Gasteiger partial charge < -0.3 is 0 Å². The molecule has 0 aliphatic heterocycles. The second-order valence-corrected chi connectivity index (χ2v) is 1.92. The van der Waals surface area contributed by atoms with E-state index in [-0.39, 0.29) is 28.2 Å². The van der Waals surface area contributed by atoms with Crippen LogP contribution >= 0.6 is 0 Å². The summed E-state index contributed by atoms with van der Waals surface area (Å²) in [5.74, 6) is 0.558. The van der Waals surface area contributed by atoms with Crippen LogP contribution in [0.25, 0.3) is 0 Å². The first-order valence-electron chi connectivity index (χ1n) is 2.69. The molecule has 0 radical (unpaired) electrons. The van der Waals surface area contributed by atoms with Crippen LogP contribution in [-0.4, -0.2) is 5.78 Å². The first-order valence-corrected chi connectivity index (χ1v) is 2.69. The predicted molar refractivity (Wildman–Crippen MR) is 50.3 cm³/mol. The SMILES string of the molecule is C.C.C.CCC(C)C(C)=O. The second-order valence-electron chi connectivity index (χ2n) is 1.92. The molecule has 66 valence electrons. The van der Waals surface area contributed by atoms with Gasteiger partial charge in [-0.1, -0.05) is 36.1 Å². The minimum atomic E-state index is 0. The van der Waals surface area contributed by atoms with Gasteiger partial charge in [-0.3, -0.25) is 4.79 Å². The van der Waals surface area contributed by atoms with Gasteiger partial charge >= 0.3 is 0 Å². The Morgan fingerprint density at radius 1 is 1.30 bits per heavy atom. The summed E-state index contributed by atoms with van der Waals surface area (Å²) in [6.07, 6.45) is 0.968. The zero-order valence-corrected chi connectivity index (χ0v) is 5.19. The van der Waals surface area contributed by atoms with Crippen LogP contribution in [0.1, 0.15) is 49.5 Å². The summed E-state index contributed by atoms with van der Waals surface area (Å²) >= 11 is 0. The lowest BCUT2D eigenvalue weighted by molar-refractivity contribution is -0.120. The highest BCUT2D eigenvalue weighted by molar-refractivity contribution is 5.77. The molecule has 0 amide bonds. The molecular formula is C9H24O. The van der Waals surface area contributed by atoms with Crippen LogP contribution < -0.4 is 0 Å². The summed E-state index contributed by atoms with van der Waals surface area (Å²) < 4.78 is 0. The van der Waals surface area contributed by atoms with Crippen molar-refractivity contribution in [3.63, 3.8) is 0 Å². The molecule has 0 aromatic rings. The van der Waals surface area contributed by atoms with Gasteiger partial charge in [-0.05, 0) is 13.3 Å². The molecule has 0 fully saturated rings. The van der Waals surface area contributed by atoms with Gasteiger partial charge in [-0.2, -0.15) is 0 Å². The van der Waals surface area contributed by atoms with Gasteiger partial charge in [0.1, 0.15) is 5.78 Å². The van der Waals surface area contributed by atoms with E-state index in [2.05, 4.69) is 0 Å². The van der Waals surface area contributed by atoms with Gasteiger partial charge in [0.25, 0.3) is 0 Å². The molecule has 0 rings (SSSR count). The molecule has 0 saturated heterocycles. The van der Waals surface area contributed by atoms with Crippen molar-refractivity contribution in [2.75, 3.05) is 0 Å². The fourth-order valence-electron chi connectivity index (χ4n) is 0.287. The number of Topliss-reactive ketones (excluding diaryl/α,β-unsaturated/α-hetero) is 1. The average molecular weight is 148 g/mol. The maximum Gasteiger partial charge on any atom is 0.132 e. The van der Waals surface area contributed by atoms with E-state index in [4.69, 9.17) is 0 Å².